The second-order valence-electron chi connectivity index (χ2n) is 6.51. The molecule has 0 radical (unpaired) electrons. The SMILES string of the molecule is O=C(CC(C1CC1)C1CC1)Nc1ccc(-c2nccs2)cc1. The van der Waals surface area contributed by atoms with Crippen molar-refractivity contribution < 1.29 is 4.79 Å². The van der Waals surface area contributed by atoms with Gasteiger partial charge in [0.2, 0.25) is 5.91 Å². The van der Waals surface area contributed by atoms with Crippen LogP contribution < -0.4 is 5.32 Å². The standard InChI is InChI=1S/C18H20N2OS/c21-17(11-16(12-1-2-12)13-3-4-13)20-15-7-5-14(6-8-15)18-19-9-10-22-18/h5-10,12-13,16H,1-4,11H2,(H,20,21). The number of amides is 1. The quantitative estimate of drug-likeness (QED) is 0.848. The van der Waals surface area contributed by atoms with Gasteiger partial charge in [-0.1, -0.05) is 0 Å². The molecule has 2 fully saturated rings. The zero-order valence-corrected chi connectivity index (χ0v) is 13.3. The van der Waals surface area contributed by atoms with Gasteiger partial charge in [0.25, 0.3) is 0 Å². The zero-order valence-electron chi connectivity index (χ0n) is 12.5. The van der Waals surface area contributed by atoms with Crippen LogP contribution in [0.5, 0.6) is 0 Å². The van der Waals surface area contributed by atoms with Crippen LogP contribution in [-0.2, 0) is 4.79 Å². The molecule has 0 atom stereocenters. The minimum absolute atomic E-state index is 0.172. The highest BCUT2D eigenvalue weighted by Crippen LogP contribution is 2.50. The summed E-state index contributed by atoms with van der Waals surface area (Å²) in [6.45, 7) is 0. The molecule has 2 aromatic rings. The molecule has 2 saturated carbocycles. The van der Waals surface area contributed by atoms with Gasteiger partial charge in [0.05, 0.1) is 0 Å². The first-order chi connectivity index (χ1) is 10.8. The van der Waals surface area contributed by atoms with Gasteiger partial charge in [-0.15, -0.1) is 11.3 Å². The van der Waals surface area contributed by atoms with Crippen LogP contribution in [-0.4, -0.2) is 10.9 Å². The van der Waals surface area contributed by atoms with Crippen molar-refractivity contribution in [3.8, 4) is 10.6 Å². The molecule has 1 aromatic heterocycles. The number of carbonyl (C=O) groups is 1. The van der Waals surface area contributed by atoms with Crippen LogP contribution in [0.2, 0.25) is 0 Å². The van der Waals surface area contributed by atoms with E-state index in [9.17, 15) is 4.79 Å². The van der Waals surface area contributed by atoms with E-state index in [1.54, 1.807) is 11.3 Å². The monoisotopic (exact) mass is 312 g/mol. The molecular weight excluding hydrogens is 292 g/mol. The molecule has 0 unspecified atom stereocenters. The summed E-state index contributed by atoms with van der Waals surface area (Å²) >= 11 is 1.63. The van der Waals surface area contributed by atoms with E-state index in [2.05, 4.69) is 10.3 Å². The molecule has 0 bridgehead atoms. The van der Waals surface area contributed by atoms with Crippen LogP contribution in [0.15, 0.2) is 35.8 Å². The Balaban J connectivity index is 1.37. The first-order valence-corrected chi connectivity index (χ1v) is 8.97. The number of anilines is 1. The van der Waals surface area contributed by atoms with Gasteiger partial charge in [0.1, 0.15) is 5.01 Å². The van der Waals surface area contributed by atoms with Crippen molar-refractivity contribution in [2.75, 3.05) is 5.32 Å². The van der Waals surface area contributed by atoms with E-state index in [4.69, 9.17) is 0 Å². The van der Waals surface area contributed by atoms with Crippen LogP contribution in [0.3, 0.4) is 0 Å². The first-order valence-electron chi connectivity index (χ1n) is 8.09. The molecule has 2 aliphatic rings. The van der Waals surface area contributed by atoms with Crippen molar-refractivity contribution in [2.24, 2.45) is 17.8 Å². The summed E-state index contributed by atoms with van der Waals surface area (Å²) < 4.78 is 0. The molecule has 4 heteroatoms. The van der Waals surface area contributed by atoms with Gasteiger partial charge in [-0.05, 0) is 67.7 Å². The Morgan fingerprint density at radius 2 is 1.86 bits per heavy atom. The fraction of sp³-hybridized carbons (Fsp3) is 0.444. The van der Waals surface area contributed by atoms with Gasteiger partial charge in [0.15, 0.2) is 0 Å². The zero-order chi connectivity index (χ0) is 14.9. The van der Waals surface area contributed by atoms with Gasteiger partial charge in [-0.25, -0.2) is 4.98 Å². The fourth-order valence-electron chi connectivity index (χ4n) is 3.26. The Kier molecular flexibility index (Phi) is 3.70. The van der Waals surface area contributed by atoms with Gasteiger partial charge in [0, 0.05) is 29.2 Å². The largest absolute Gasteiger partial charge is 0.326 e. The topological polar surface area (TPSA) is 42.0 Å². The molecule has 0 spiro atoms. The van der Waals surface area contributed by atoms with Crippen LogP contribution in [0.4, 0.5) is 5.69 Å². The highest BCUT2D eigenvalue weighted by atomic mass is 32.1. The number of nitrogens with zero attached hydrogens (tertiary/aromatic N) is 1. The molecule has 114 valence electrons. The van der Waals surface area contributed by atoms with Crippen LogP contribution in [0.25, 0.3) is 10.6 Å². The third-order valence-corrected chi connectivity index (χ3v) is 5.55. The molecule has 0 aliphatic heterocycles. The van der Waals surface area contributed by atoms with E-state index in [1.165, 1.54) is 25.7 Å². The highest BCUT2D eigenvalue weighted by Gasteiger charge is 2.42. The molecule has 1 heterocycles. The fourth-order valence-corrected chi connectivity index (χ4v) is 3.90. The van der Waals surface area contributed by atoms with Gasteiger partial charge in [-0.2, -0.15) is 0 Å². The second kappa shape index (κ2) is 5.84. The third kappa shape index (κ3) is 3.22. The lowest BCUT2D eigenvalue weighted by atomic mass is 9.94. The average molecular weight is 312 g/mol. The Labute approximate surface area is 134 Å². The van der Waals surface area contributed by atoms with Gasteiger partial charge >= 0.3 is 0 Å². The lowest BCUT2D eigenvalue weighted by molar-refractivity contribution is -0.117. The van der Waals surface area contributed by atoms with E-state index >= 15 is 0 Å². The summed E-state index contributed by atoms with van der Waals surface area (Å²) in [6.07, 6.45) is 7.83. The van der Waals surface area contributed by atoms with Crippen molar-refractivity contribution in [1.29, 1.82) is 0 Å². The number of thiazole rings is 1. The van der Waals surface area contributed by atoms with Gasteiger partial charge in [-0.3, -0.25) is 4.79 Å². The Hall–Kier alpha value is -1.68. The van der Waals surface area contributed by atoms with Crippen molar-refractivity contribution >= 4 is 22.9 Å². The maximum Gasteiger partial charge on any atom is 0.224 e. The Bertz CT molecular complexity index is 630. The lowest BCUT2D eigenvalue weighted by Crippen LogP contribution is -2.19. The summed E-state index contributed by atoms with van der Waals surface area (Å²) in [7, 11) is 0. The number of rotatable bonds is 6. The molecule has 1 amide bonds. The van der Waals surface area contributed by atoms with E-state index in [0.29, 0.717) is 12.3 Å². The van der Waals surface area contributed by atoms with E-state index in [1.807, 2.05) is 35.8 Å². The molecular formula is C18H20N2OS. The molecule has 1 N–H and O–H groups in total. The molecule has 3 nitrogen and oxygen atoms in total. The minimum atomic E-state index is 0.172. The molecule has 2 aliphatic carbocycles. The normalized spacial score (nSPS) is 17.7. The molecule has 0 saturated heterocycles. The maximum absolute atomic E-state index is 12.3. The summed E-state index contributed by atoms with van der Waals surface area (Å²) in [6, 6.07) is 7.98. The molecule has 1 aromatic carbocycles. The number of benzene rings is 1. The van der Waals surface area contributed by atoms with Crippen molar-refractivity contribution in [3.63, 3.8) is 0 Å². The summed E-state index contributed by atoms with van der Waals surface area (Å²) in [5.41, 5.74) is 1.98. The van der Waals surface area contributed by atoms with E-state index < -0.39 is 0 Å². The predicted molar refractivity (Wildman–Crippen MR) is 89.7 cm³/mol. The van der Waals surface area contributed by atoms with Crippen molar-refractivity contribution in [1.82, 2.24) is 4.98 Å². The van der Waals surface area contributed by atoms with E-state index in [-0.39, 0.29) is 5.91 Å². The van der Waals surface area contributed by atoms with E-state index in [0.717, 1.165) is 28.1 Å². The second-order valence-corrected chi connectivity index (χ2v) is 7.40. The lowest BCUT2D eigenvalue weighted by Gasteiger charge is -2.15. The van der Waals surface area contributed by atoms with Crippen LogP contribution in [0, 0.1) is 17.8 Å². The summed E-state index contributed by atoms with van der Waals surface area (Å²) in [4.78, 5) is 16.6. The minimum Gasteiger partial charge on any atom is -0.326 e. The average Bonchev–Trinajstić information content (AvgIpc) is 3.45. The van der Waals surface area contributed by atoms with Crippen molar-refractivity contribution in [3.05, 3.63) is 35.8 Å². The predicted octanol–water partition coefficient (Wildman–Crippen LogP) is 4.57. The van der Waals surface area contributed by atoms with Gasteiger partial charge < -0.3 is 5.32 Å². The Morgan fingerprint density at radius 1 is 1.18 bits per heavy atom. The van der Waals surface area contributed by atoms with Crippen LogP contribution in [0.1, 0.15) is 32.1 Å². The molecule has 22 heavy (non-hydrogen) atoms. The maximum atomic E-state index is 12.3. The molecule has 4 rings (SSSR count). The number of hydrogen-bond donors (Lipinski definition) is 1. The number of aromatic nitrogens is 1. The van der Waals surface area contributed by atoms with Crippen molar-refractivity contribution in [2.45, 2.75) is 32.1 Å². The highest BCUT2D eigenvalue weighted by molar-refractivity contribution is 7.13. The third-order valence-electron chi connectivity index (χ3n) is 4.72. The number of hydrogen-bond acceptors (Lipinski definition) is 3. The van der Waals surface area contributed by atoms with Crippen LogP contribution >= 0.6 is 11.3 Å². The smallest absolute Gasteiger partial charge is 0.224 e. The number of carbonyl (C=O) groups excluding carboxylic acids is 1. The summed E-state index contributed by atoms with van der Waals surface area (Å²) in [5, 5.41) is 6.04. The summed E-state index contributed by atoms with van der Waals surface area (Å²) in [5.74, 6) is 2.46. The first kappa shape index (κ1) is 13.9. The Morgan fingerprint density at radius 3 is 2.41 bits per heavy atom. The number of nitrogens with one attached hydrogen (secondary N) is 1.